The predicted molar refractivity (Wildman–Crippen MR) is 107 cm³/mol. The molecule has 5 nitrogen and oxygen atoms in total. The molecule has 1 unspecified atom stereocenters. The second-order valence-corrected chi connectivity index (χ2v) is 6.30. The van der Waals surface area contributed by atoms with Gasteiger partial charge in [0.05, 0.1) is 0 Å². The van der Waals surface area contributed by atoms with Crippen molar-refractivity contribution >= 4 is 23.2 Å². The average molecular weight is 360 g/mol. The highest BCUT2D eigenvalue weighted by atomic mass is 35.5. The molecule has 1 aromatic heterocycles. The van der Waals surface area contributed by atoms with Crippen LogP contribution in [0.25, 0.3) is 0 Å². The summed E-state index contributed by atoms with van der Waals surface area (Å²) in [6.07, 6.45) is 2.67. The first-order valence-corrected chi connectivity index (χ1v) is 8.80. The molecule has 1 heterocycles. The second-order valence-electron chi connectivity index (χ2n) is 5.91. The van der Waals surface area contributed by atoms with Crippen LogP contribution in [0.2, 0.25) is 5.15 Å². The fourth-order valence-corrected chi connectivity index (χ4v) is 2.51. The maximum Gasteiger partial charge on any atom is 0.191 e. The standard InChI is InChI=1S/C19H26ClN5/c1-15(25(3)17-7-5-4-6-8-17)13-24-19(21-2)22-12-11-16-9-10-18(20)23-14-16/h4-10,14-15H,11-13H2,1-3H3,(H2,21,22,24). The molecule has 6 heteroatoms. The number of guanidine groups is 1. The first-order chi connectivity index (χ1) is 12.1. The monoisotopic (exact) mass is 359 g/mol. The number of likely N-dealkylation sites (N-methyl/N-ethyl adjacent to an activating group) is 1. The van der Waals surface area contributed by atoms with E-state index in [0.717, 1.165) is 31.0 Å². The molecular weight excluding hydrogens is 334 g/mol. The Morgan fingerprint density at radius 3 is 2.60 bits per heavy atom. The van der Waals surface area contributed by atoms with Crippen LogP contribution in [0.3, 0.4) is 0 Å². The summed E-state index contributed by atoms with van der Waals surface area (Å²) in [5.74, 6) is 0.801. The third-order valence-electron chi connectivity index (χ3n) is 4.11. The maximum atomic E-state index is 5.80. The topological polar surface area (TPSA) is 52.6 Å². The van der Waals surface area contributed by atoms with Crippen molar-refractivity contribution in [3.05, 3.63) is 59.4 Å². The van der Waals surface area contributed by atoms with E-state index in [4.69, 9.17) is 11.6 Å². The van der Waals surface area contributed by atoms with Gasteiger partial charge in [-0.25, -0.2) is 4.98 Å². The van der Waals surface area contributed by atoms with Gasteiger partial charge in [0.2, 0.25) is 0 Å². The van der Waals surface area contributed by atoms with E-state index in [1.54, 1.807) is 13.2 Å². The molecule has 134 valence electrons. The highest BCUT2D eigenvalue weighted by Gasteiger charge is 2.10. The minimum absolute atomic E-state index is 0.335. The highest BCUT2D eigenvalue weighted by molar-refractivity contribution is 6.29. The molecule has 0 aliphatic carbocycles. The van der Waals surface area contributed by atoms with Gasteiger partial charge >= 0.3 is 0 Å². The van der Waals surface area contributed by atoms with Crippen LogP contribution in [0, 0.1) is 0 Å². The van der Waals surface area contributed by atoms with Crippen LogP contribution in [0.1, 0.15) is 12.5 Å². The number of rotatable bonds is 7. The number of hydrogen-bond donors (Lipinski definition) is 2. The quantitative estimate of drug-likeness (QED) is 0.453. The molecule has 0 radical (unpaired) electrons. The van der Waals surface area contributed by atoms with E-state index in [9.17, 15) is 0 Å². The molecule has 0 fully saturated rings. The third kappa shape index (κ3) is 6.27. The Morgan fingerprint density at radius 2 is 1.96 bits per heavy atom. The first-order valence-electron chi connectivity index (χ1n) is 8.43. The van der Waals surface area contributed by atoms with Crippen molar-refractivity contribution in [1.29, 1.82) is 0 Å². The van der Waals surface area contributed by atoms with Crippen LogP contribution in [-0.2, 0) is 6.42 Å². The summed E-state index contributed by atoms with van der Waals surface area (Å²) in [6.45, 7) is 3.77. The number of pyridine rings is 1. The molecule has 25 heavy (non-hydrogen) atoms. The summed E-state index contributed by atoms with van der Waals surface area (Å²) < 4.78 is 0. The first kappa shape index (κ1) is 19.1. The van der Waals surface area contributed by atoms with Gasteiger partial charge in [0, 0.05) is 45.1 Å². The highest BCUT2D eigenvalue weighted by Crippen LogP contribution is 2.13. The molecule has 0 aliphatic rings. The molecular formula is C19H26ClN5. The van der Waals surface area contributed by atoms with Crippen molar-refractivity contribution in [2.24, 2.45) is 4.99 Å². The summed E-state index contributed by atoms with van der Waals surface area (Å²) >= 11 is 5.80. The van der Waals surface area contributed by atoms with Gasteiger partial charge in [0.1, 0.15) is 5.15 Å². The smallest absolute Gasteiger partial charge is 0.191 e. The van der Waals surface area contributed by atoms with Crippen LogP contribution >= 0.6 is 11.6 Å². The van der Waals surface area contributed by atoms with Crippen molar-refractivity contribution < 1.29 is 0 Å². The minimum Gasteiger partial charge on any atom is -0.370 e. The molecule has 0 aliphatic heterocycles. The van der Waals surface area contributed by atoms with Crippen LogP contribution in [0.15, 0.2) is 53.7 Å². The van der Waals surface area contributed by atoms with Gasteiger partial charge in [0.25, 0.3) is 0 Å². The van der Waals surface area contributed by atoms with Crippen molar-refractivity contribution in [3.63, 3.8) is 0 Å². The molecule has 0 amide bonds. The number of aromatic nitrogens is 1. The minimum atomic E-state index is 0.335. The van der Waals surface area contributed by atoms with Gasteiger partial charge in [-0.1, -0.05) is 35.9 Å². The predicted octanol–water partition coefficient (Wildman–Crippen LogP) is 2.97. The maximum absolute atomic E-state index is 5.80. The van der Waals surface area contributed by atoms with Crippen LogP contribution in [0.4, 0.5) is 5.69 Å². The van der Waals surface area contributed by atoms with Crippen LogP contribution in [0.5, 0.6) is 0 Å². The Bertz CT molecular complexity index is 657. The summed E-state index contributed by atoms with van der Waals surface area (Å²) in [5.41, 5.74) is 2.35. The number of aliphatic imine (C=N–C) groups is 1. The molecule has 2 aromatic rings. The molecule has 0 saturated heterocycles. The number of benzene rings is 1. The molecule has 1 aromatic carbocycles. The third-order valence-corrected chi connectivity index (χ3v) is 4.33. The lowest BCUT2D eigenvalue weighted by Crippen LogP contribution is -2.45. The van der Waals surface area contributed by atoms with Gasteiger partial charge in [-0.15, -0.1) is 0 Å². The lowest BCUT2D eigenvalue weighted by Gasteiger charge is -2.27. The fourth-order valence-electron chi connectivity index (χ4n) is 2.40. The Hall–Kier alpha value is -2.27. The lowest BCUT2D eigenvalue weighted by molar-refractivity contribution is 0.648. The molecule has 0 bridgehead atoms. The van der Waals surface area contributed by atoms with Gasteiger partial charge in [-0.05, 0) is 37.1 Å². The van der Waals surface area contributed by atoms with Crippen LogP contribution in [-0.4, -0.2) is 44.2 Å². The van der Waals surface area contributed by atoms with Crippen molar-refractivity contribution in [2.75, 3.05) is 32.1 Å². The van der Waals surface area contributed by atoms with Crippen molar-refractivity contribution in [1.82, 2.24) is 15.6 Å². The number of para-hydroxylation sites is 1. The zero-order chi connectivity index (χ0) is 18.1. The van der Waals surface area contributed by atoms with Gasteiger partial charge in [-0.3, -0.25) is 4.99 Å². The number of anilines is 1. The molecule has 0 spiro atoms. The Kier molecular flexibility index (Phi) is 7.54. The Labute approximate surface area is 155 Å². The zero-order valence-corrected chi connectivity index (χ0v) is 15.8. The molecule has 2 rings (SSSR count). The Morgan fingerprint density at radius 1 is 1.20 bits per heavy atom. The normalized spacial score (nSPS) is 12.6. The lowest BCUT2D eigenvalue weighted by atomic mass is 10.2. The van der Waals surface area contributed by atoms with Gasteiger partial charge in [-0.2, -0.15) is 0 Å². The number of nitrogens with zero attached hydrogens (tertiary/aromatic N) is 3. The number of hydrogen-bond acceptors (Lipinski definition) is 3. The zero-order valence-electron chi connectivity index (χ0n) is 15.0. The van der Waals surface area contributed by atoms with Gasteiger partial charge < -0.3 is 15.5 Å². The van der Waals surface area contributed by atoms with Crippen LogP contribution < -0.4 is 15.5 Å². The van der Waals surface area contributed by atoms with E-state index in [0.29, 0.717) is 11.2 Å². The summed E-state index contributed by atoms with van der Waals surface area (Å²) in [5, 5.41) is 7.22. The molecule has 0 saturated carbocycles. The number of nitrogens with one attached hydrogen (secondary N) is 2. The molecule has 1 atom stereocenters. The van der Waals surface area contributed by atoms with Crippen molar-refractivity contribution in [3.8, 4) is 0 Å². The molecule has 2 N–H and O–H groups in total. The van der Waals surface area contributed by atoms with E-state index in [1.165, 1.54) is 5.69 Å². The average Bonchev–Trinajstić information content (AvgIpc) is 2.65. The Balaban J connectivity index is 1.75. The van der Waals surface area contributed by atoms with E-state index < -0.39 is 0 Å². The van der Waals surface area contributed by atoms with E-state index in [1.807, 2.05) is 18.2 Å². The second kappa shape index (κ2) is 9.89. The van der Waals surface area contributed by atoms with E-state index in [2.05, 4.69) is 63.7 Å². The fraction of sp³-hybridized carbons (Fsp3) is 0.368. The number of halogens is 1. The SMILES string of the molecule is CN=C(NCCc1ccc(Cl)nc1)NCC(C)N(C)c1ccccc1. The summed E-state index contributed by atoms with van der Waals surface area (Å²) in [7, 11) is 3.89. The largest absolute Gasteiger partial charge is 0.370 e. The summed E-state index contributed by atoms with van der Waals surface area (Å²) in [6, 6.07) is 14.5. The van der Waals surface area contributed by atoms with Gasteiger partial charge in [0.15, 0.2) is 5.96 Å². The van der Waals surface area contributed by atoms with Crippen molar-refractivity contribution in [2.45, 2.75) is 19.4 Å². The van der Waals surface area contributed by atoms with E-state index >= 15 is 0 Å². The summed E-state index contributed by atoms with van der Waals surface area (Å²) in [4.78, 5) is 10.6. The van der Waals surface area contributed by atoms with E-state index in [-0.39, 0.29) is 0 Å².